The van der Waals surface area contributed by atoms with Crippen LogP contribution < -0.4 is 5.32 Å². The van der Waals surface area contributed by atoms with Gasteiger partial charge in [0.15, 0.2) is 0 Å². The first kappa shape index (κ1) is 20.2. The monoisotopic (exact) mass is 377 g/mol. The van der Waals surface area contributed by atoms with Gasteiger partial charge in [-0.15, -0.1) is 0 Å². The number of carbonyl (C=O) groups is 4. The number of aliphatic carboxylic acids is 1. The lowest BCUT2D eigenvalue weighted by Crippen LogP contribution is -2.36. The highest BCUT2D eigenvalue weighted by molar-refractivity contribution is 6.05. The first-order valence-electron chi connectivity index (χ1n) is 8.72. The molecule has 9 heteroatoms. The van der Waals surface area contributed by atoms with E-state index in [0.717, 1.165) is 10.5 Å². The van der Waals surface area contributed by atoms with Crippen LogP contribution in [0.15, 0.2) is 30.3 Å². The van der Waals surface area contributed by atoms with Gasteiger partial charge >= 0.3 is 18.1 Å². The molecule has 2 rings (SSSR count). The third kappa shape index (κ3) is 5.44. The van der Waals surface area contributed by atoms with E-state index >= 15 is 0 Å². The fraction of sp³-hybridized carbons (Fsp3) is 0.444. The van der Waals surface area contributed by atoms with Crippen molar-refractivity contribution in [3.63, 3.8) is 0 Å². The van der Waals surface area contributed by atoms with Gasteiger partial charge in [0.1, 0.15) is 19.2 Å². The molecule has 1 aliphatic heterocycles. The number of likely N-dealkylation sites (N-methyl/N-ethyl adjacent to an activating group) is 1. The first-order chi connectivity index (χ1) is 12.9. The van der Waals surface area contributed by atoms with Crippen molar-refractivity contribution in [2.45, 2.75) is 32.4 Å². The van der Waals surface area contributed by atoms with Crippen molar-refractivity contribution >= 4 is 24.0 Å². The van der Waals surface area contributed by atoms with Crippen molar-refractivity contribution in [2.75, 3.05) is 19.6 Å². The summed E-state index contributed by atoms with van der Waals surface area (Å²) in [5, 5.41) is 11.4. The minimum atomic E-state index is -1.24. The molecule has 0 radical (unpaired) electrons. The van der Waals surface area contributed by atoms with Crippen molar-refractivity contribution in [3.05, 3.63) is 35.9 Å². The summed E-state index contributed by atoms with van der Waals surface area (Å²) in [7, 11) is 0. The standard InChI is InChI=1S/C18H23N3O6/c1-2-20-14(16(24)21(18(20)26)11-15(22)23)9-6-10-19-17(25)27-12-13-7-4-3-5-8-13/h3-5,7-8,14H,2,6,9-12H2,1H3,(H,19,25)(H,22,23). The van der Waals surface area contributed by atoms with E-state index in [9.17, 15) is 19.2 Å². The summed E-state index contributed by atoms with van der Waals surface area (Å²) in [6.07, 6.45) is 0.210. The van der Waals surface area contributed by atoms with Gasteiger partial charge in [0.05, 0.1) is 0 Å². The summed E-state index contributed by atoms with van der Waals surface area (Å²) in [5.74, 6) is -1.76. The van der Waals surface area contributed by atoms with Gasteiger partial charge in [0, 0.05) is 13.1 Å². The van der Waals surface area contributed by atoms with Crippen LogP contribution in [0, 0.1) is 0 Å². The number of alkyl carbamates (subject to hydrolysis) is 1. The average molecular weight is 377 g/mol. The van der Waals surface area contributed by atoms with E-state index in [4.69, 9.17) is 9.84 Å². The molecular weight excluding hydrogens is 354 g/mol. The number of carbonyl (C=O) groups excluding carboxylic acids is 3. The first-order valence-corrected chi connectivity index (χ1v) is 8.72. The number of imide groups is 1. The smallest absolute Gasteiger partial charge is 0.407 e. The molecule has 4 amide bonds. The molecule has 0 spiro atoms. The Kier molecular flexibility index (Phi) is 7.16. The summed E-state index contributed by atoms with van der Waals surface area (Å²) in [5.41, 5.74) is 0.875. The highest BCUT2D eigenvalue weighted by Crippen LogP contribution is 2.20. The summed E-state index contributed by atoms with van der Waals surface area (Å²) in [4.78, 5) is 49.0. The zero-order valence-electron chi connectivity index (χ0n) is 15.1. The quantitative estimate of drug-likeness (QED) is 0.497. The molecule has 27 heavy (non-hydrogen) atoms. The fourth-order valence-corrected chi connectivity index (χ4v) is 2.87. The van der Waals surface area contributed by atoms with Crippen LogP contribution in [0.25, 0.3) is 0 Å². The van der Waals surface area contributed by atoms with Crippen LogP contribution in [0.4, 0.5) is 9.59 Å². The second kappa shape index (κ2) is 9.56. The zero-order chi connectivity index (χ0) is 19.8. The van der Waals surface area contributed by atoms with E-state index in [-0.39, 0.29) is 13.2 Å². The summed E-state index contributed by atoms with van der Waals surface area (Å²) >= 11 is 0. The minimum Gasteiger partial charge on any atom is -0.480 e. The van der Waals surface area contributed by atoms with Gasteiger partial charge in [-0.25, -0.2) is 9.59 Å². The topological polar surface area (TPSA) is 116 Å². The molecule has 0 saturated carbocycles. The summed E-state index contributed by atoms with van der Waals surface area (Å²) in [6, 6.07) is 7.97. The third-order valence-electron chi connectivity index (χ3n) is 4.17. The molecule has 2 N–H and O–H groups in total. The third-order valence-corrected chi connectivity index (χ3v) is 4.17. The molecule has 0 aromatic heterocycles. The highest BCUT2D eigenvalue weighted by Gasteiger charge is 2.44. The van der Waals surface area contributed by atoms with E-state index in [1.54, 1.807) is 6.92 Å². The Morgan fingerprint density at radius 1 is 1.22 bits per heavy atom. The van der Waals surface area contributed by atoms with Crippen LogP contribution in [0.2, 0.25) is 0 Å². The molecule has 0 bridgehead atoms. The Morgan fingerprint density at radius 2 is 1.93 bits per heavy atom. The van der Waals surface area contributed by atoms with E-state index < -0.39 is 36.6 Å². The maximum absolute atomic E-state index is 12.3. The number of benzene rings is 1. The van der Waals surface area contributed by atoms with Gasteiger partial charge in [0.25, 0.3) is 5.91 Å². The largest absolute Gasteiger partial charge is 0.480 e. The molecule has 1 heterocycles. The molecule has 1 unspecified atom stereocenters. The maximum atomic E-state index is 12.3. The van der Waals surface area contributed by atoms with Crippen LogP contribution in [-0.2, 0) is 20.9 Å². The number of ether oxygens (including phenoxy) is 1. The minimum absolute atomic E-state index is 0.163. The number of hydrogen-bond acceptors (Lipinski definition) is 5. The van der Waals surface area contributed by atoms with Gasteiger partial charge in [0.2, 0.25) is 0 Å². The van der Waals surface area contributed by atoms with Crippen molar-refractivity contribution in [1.82, 2.24) is 15.1 Å². The number of amides is 4. The van der Waals surface area contributed by atoms with E-state index in [1.807, 2.05) is 30.3 Å². The van der Waals surface area contributed by atoms with Crippen molar-refractivity contribution in [1.29, 1.82) is 0 Å². The average Bonchev–Trinajstić information content (AvgIpc) is 2.87. The van der Waals surface area contributed by atoms with Gasteiger partial charge in [-0.2, -0.15) is 0 Å². The SMILES string of the molecule is CCN1C(=O)N(CC(=O)O)C(=O)C1CCCNC(=O)OCc1ccccc1. The molecule has 1 aromatic carbocycles. The fourth-order valence-electron chi connectivity index (χ4n) is 2.87. The molecular formula is C18H23N3O6. The van der Waals surface area contributed by atoms with E-state index in [0.29, 0.717) is 19.4 Å². The molecule has 1 fully saturated rings. The molecule has 146 valence electrons. The van der Waals surface area contributed by atoms with Gasteiger partial charge in [-0.05, 0) is 25.3 Å². The molecule has 1 aromatic rings. The number of nitrogens with zero attached hydrogens (tertiary/aromatic N) is 2. The Bertz CT molecular complexity index is 694. The van der Waals surface area contributed by atoms with Crippen LogP contribution in [0.1, 0.15) is 25.3 Å². The number of rotatable bonds is 9. The normalized spacial score (nSPS) is 16.6. The second-order valence-corrected chi connectivity index (χ2v) is 6.03. The lowest BCUT2D eigenvalue weighted by atomic mass is 10.1. The number of carboxylic acid groups (broad SMARTS) is 1. The van der Waals surface area contributed by atoms with Crippen molar-refractivity contribution in [2.24, 2.45) is 0 Å². The Balaban J connectivity index is 1.75. The van der Waals surface area contributed by atoms with Crippen molar-refractivity contribution in [3.8, 4) is 0 Å². The number of hydrogen-bond donors (Lipinski definition) is 2. The second-order valence-electron chi connectivity index (χ2n) is 6.03. The highest BCUT2D eigenvalue weighted by atomic mass is 16.5. The number of urea groups is 1. The van der Waals surface area contributed by atoms with Gasteiger partial charge in [-0.3, -0.25) is 14.5 Å². The lowest BCUT2D eigenvalue weighted by molar-refractivity contribution is -0.141. The number of carboxylic acids is 1. The van der Waals surface area contributed by atoms with Crippen molar-refractivity contribution < 1.29 is 29.0 Å². The van der Waals surface area contributed by atoms with E-state index in [2.05, 4.69) is 5.32 Å². The Hall–Kier alpha value is -3.10. The Morgan fingerprint density at radius 3 is 2.56 bits per heavy atom. The molecule has 9 nitrogen and oxygen atoms in total. The molecule has 1 atom stereocenters. The predicted octanol–water partition coefficient (Wildman–Crippen LogP) is 1.43. The summed E-state index contributed by atoms with van der Waals surface area (Å²) < 4.78 is 5.09. The predicted molar refractivity (Wildman–Crippen MR) is 94.8 cm³/mol. The maximum Gasteiger partial charge on any atom is 0.407 e. The van der Waals surface area contributed by atoms with Crippen LogP contribution in [0.5, 0.6) is 0 Å². The number of nitrogens with one attached hydrogen (secondary N) is 1. The van der Waals surface area contributed by atoms with Gasteiger partial charge in [-0.1, -0.05) is 30.3 Å². The van der Waals surface area contributed by atoms with Crippen LogP contribution in [-0.4, -0.2) is 64.6 Å². The molecule has 0 aliphatic carbocycles. The van der Waals surface area contributed by atoms with Crippen LogP contribution in [0.3, 0.4) is 0 Å². The lowest BCUT2D eigenvalue weighted by Gasteiger charge is -2.19. The molecule has 1 aliphatic rings. The van der Waals surface area contributed by atoms with Gasteiger partial charge < -0.3 is 20.1 Å². The summed E-state index contributed by atoms with van der Waals surface area (Å²) in [6.45, 7) is 1.83. The Labute approximate surface area is 156 Å². The van der Waals surface area contributed by atoms with E-state index in [1.165, 1.54) is 4.90 Å². The molecule has 1 saturated heterocycles. The zero-order valence-corrected chi connectivity index (χ0v) is 15.1. The van der Waals surface area contributed by atoms with Crippen LogP contribution >= 0.6 is 0 Å².